The zero-order valence-electron chi connectivity index (χ0n) is 8.40. The van der Waals surface area contributed by atoms with Crippen molar-refractivity contribution in [3.05, 3.63) is 34.3 Å². The minimum absolute atomic E-state index is 0.0791. The number of carbonyl (C=O) groups is 1. The minimum Gasteiger partial charge on any atom is -0.273 e. The number of hydrogen-bond acceptors (Lipinski definition) is 2. The van der Waals surface area contributed by atoms with Crippen molar-refractivity contribution >= 4 is 27.5 Å². The fraction of sp³-hybridized carbons (Fsp3) is 0.273. The summed E-state index contributed by atoms with van der Waals surface area (Å²) in [6.45, 7) is 2.43. The van der Waals surface area contributed by atoms with Gasteiger partial charge in [0.15, 0.2) is 0 Å². The summed E-state index contributed by atoms with van der Waals surface area (Å²) in [5, 5.41) is 5.70. The molecule has 0 saturated carbocycles. The summed E-state index contributed by atoms with van der Waals surface area (Å²) >= 11 is 3.37. The minimum atomic E-state index is 0.0791. The molecule has 0 unspecified atom stereocenters. The van der Waals surface area contributed by atoms with Crippen LogP contribution in [0.2, 0.25) is 0 Å². The molecule has 0 aliphatic carbocycles. The fourth-order valence-electron chi connectivity index (χ4n) is 1.49. The molecule has 2 rings (SSSR count). The van der Waals surface area contributed by atoms with E-state index in [1.54, 1.807) is 0 Å². The number of amides is 1. The third kappa shape index (κ3) is 2.45. The molecule has 1 heterocycles. The first-order valence-electron chi connectivity index (χ1n) is 4.74. The first-order chi connectivity index (χ1) is 7.15. The Morgan fingerprint density at radius 2 is 2.07 bits per heavy atom. The molecule has 1 aliphatic heterocycles. The van der Waals surface area contributed by atoms with Gasteiger partial charge >= 0.3 is 0 Å². The maximum absolute atomic E-state index is 11.5. The Balaban J connectivity index is 2.09. The van der Waals surface area contributed by atoms with Crippen LogP contribution < -0.4 is 0 Å². The second-order valence-corrected chi connectivity index (χ2v) is 4.51. The smallest absolute Gasteiger partial charge is 0.248 e. The summed E-state index contributed by atoms with van der Waals surface area (Å²) < 4.78 is 1.04. The van der Waals surface area contributed by atoms with E-state index in [2.05, 4.69) is 21.0 Å². The molecule has 0 bridgehead atoms. The molecule has 0 spiro atoms. The van der Waals surface area contributed by atoms with Gasteiger partial charge in [-0.1, -0.05) is 28.1 Å². The molecule has 3 nitrogen and oxygen atoms in total. The molecule has 1 amide bonds. The highest BCUT2D eigenvalue weighted by molar-refractivity contribution is 9.10. The molecule has 0 atom stereocenters. The Bertz CT molecular complexity index is 411. The molecule has 1 aliphatic rings. The predicted octanol–water partition coefficient (Wildman–Crippen LogP) is 2.56. The molecule has 0 fully saturated rings. The van der Waals surface area contributed by atoms with E-state index in [-0.39, 0.29) is 5.91 Å². The van der Waals surface area contributed by atoms with Gasteiger partial charge in [-0.25, -0.2) is 5.01 Å². The number of hydrogen-bond donors (Lipinski definition) is 0. The predicted molar refractivity (Wildman–Crippen MR) is 62.4 cm³/mol. The van der Waals surface area contributed by atoms with E-state index in [9.17, 15) is 4.79 Å². The van der Waals surface area contributed by atoms with Crippen LogP contribution in [0.1, 0.15) is 18.9 Å². The van der Waals surface area contributed by atoms with E-state index in [0.29, 0.717) is 13.0 Å². The average Bonchev–Trinajstić information content (AvgIpc) is 2.49. The molecule has 0 saturated heterocycles. The summed E-state index contributed by atoms with van der Waals surface area (Å²) in [5.74, 6) is 0.0791. The van der Waals surface area contributed by atoms with Gasteiger partial charge in [0.2, 0.25) is 5.91 Å². The van der Waals surface area contributed by atoms with E-state index in [1.165, 1.54) is 5.01 Å². The third-order valence-electron chi connectivity index (χ3n) is 2.23. The molecule has 4 heteroatoms. The van der Waals surface area contributed by atoms with Crippen LogP contribution in [0.25, 0.3) is 0 Å². The highest BCUT2D eigenvalue weighted by Gasteiger charge is 2.20. The topological polar surface area (TPSA) is 32.7 Å². The zero-order valence-corrected chi connectivity index (χ0v) is 9.99. The largest absolute Gasteiger partial charge is 0.273 e. The summed E-state index contributed by atoms with van der Waals surface area (Å²) in [6.07, 6.45) is 0.455. The second-order valence-electron chi connectivity index (χ2n) is 3.59. The van der Waals surface area contributed by atoms with E-state index in [4.69, 9.17) is 0 Å². The maximum Gasteiger partial charge on any atom is 0.248 e. The standard InChI is InChI=1S/C11H11BrN2O/c1-8-6-11(15)14(13-8)7-9-2-4-10(12)5-3-9/h2-5H,6-7H2,1H3. The van der Waals surface area contributed by atoms with Gasteiger partial charge in [0.1, 0.15) is 0 Å². The lowest BCUT2D eigenvalue weighted by atomic mass is 10.2. The highest BCUT2D eigenvalue weighted by atomic mass is 79.9. The summed E-state index contributed by atoms with van der Waals surface area (Å²) in [6, 6.07) is 7.90. The van der Waals surface area contributed by atoms with E-state index < -0.39 is 0 Å². The number of carbonyl (C=O) groups excluding carboxylic acids is 1. The summed E-state index contributed by atoms with van der Waals surface area (Å²) in [4.78, 5) is 11.5. The average molecular weight is 267 g/mol. The van der Waals surface area contributed by atoms with Crippen LogP contribution >= 0.6 is 15.9 Å². The molecule has 15 heavy (non-hydrogen) atoms. The Morgan fingerprint density at radius 3 is 2.60 bits per heavy atom. The summed E-state index contributed by atoms with van der Waals surface area (Å²) in [7, 11) is 0. The van der Waals surface area contributed by atoms with Gasteiger partial charge in [0.25, 0.3) is 0 Å². The highest BCUT2D eigenvalue weighted by Crippen LogP contribution is 2.15. The first kappa shape index (κ1) is 10.4. The molecule has 0 aromatic heterocycles. The Labute approximate surface area is 96.9 Å². The molecule has 78 valence electrons. The van der Waals surface area contributed by atoms with Gasteiger partial charge in [-0.15, -0.1) is 0 Å². The van der Waals surface area contributed by atoms with Crippen molar-refractivity contribution in [2.75, 3.05) is 0 Å². The molecular formula is C11H11BrN2O. The van der Waals surface area contributed by atoms with Gasteiger partial charge in [-0.05, 0) is 24.6 Å². The van der Waals surface area contributed by atoms with E-state index >= 15 is 0 Å². The SMILES string of the molecule is CC1=NN(Cc2ccc(Br)cc2)C(=O)C1. The number of hydrazone groups is 1. The number of nitrogens with zero attached hydrogens (tertiary/aromatic N) is 2. The van der Waals surface area contributed by atoms with E-state index in [1.807, 2.05) is 31.2 Å². The van der Waals surface area contributed by atoms with Crippen LogP contribution in [-0.4, -0.2) is 16.6 Å². The maximum atomic E-state index is 11.5. The van der Waals surface area contributed by atoms with Crippen molar-refractivity contribution in [1.82, 2.24) is 5.01 Å². The number of halogens is 1. The molecule has 1 aromatic rings. The molecule has 1 aromatic carbocycles. The van der Waals surface area contributed by atoms with Crippen molar-refractivity contribution in [2.45, 2.75) is 19.9 Å². The fourth-order valence-corrected chi connectivity index (χ4v) is 1.76. The number of rotatable bonds is 2. The lowest BCUT2D eigenvalue weighted by Crippen LogP contribution is -2.19. The van der Waals surface area contributed by atoms with Gasteiger partial charge in [-0.3, -0.25) is 4.79 Å². The lowest BCUT2D eigenvalue weighted by molar-refractivity contribution is -0.129. The number of benzene rings is 1. The second kappa shape index (κ2) is 4.14. The van der Waals surface area contributed by atoms with Crippen LogP contribution in [0, 0.1) is 0 Å². The third-order valence-corrected chi connectivity index (χ3v) is 2.76. The van der Waals surface area contributed by atoms with Crippen LogP contribution in [-0.2, 0) is 11.3 Å². The van der Waals surface area contributed by atoms with Gasteiger partial charge in [0.05, 0.1) is 13.0 Å². The molecule has 0 N–H and O–H groups in total. The van der Waals surface area contributed by atoms with E-state index in [0.717, 1.165) is 15.7 Å². The lowest BCUT2D eigenvalue weighted by Gasteiger charge is -2.11. The monoisotopic (exact) mass is 266 g/mol. The van der Waals surface area contributed by atoms with Crippen LogP contribution in [0.15, 0.2) is 33.8 Å². The van der Waals surface area contributed by atoms with Crippen LogP contribution in [0.5, 0.6) is 0 Å². The Kier molecular flexibility index (Phi) is 2.86. The van der Waals surface area contributed by atoms with Crippen molar-refractivity contribution in [1.29, 1.82) is 0 Å². The Morgan fingerprint density at radius 1 is 1.40 bits per heavy atom. The normalized spacial score (nSPS) is 15.7. The molecular weight excluding hydrogens is 256 g/mol. The van der Waals surface area contributed by atoms with Crippen molar-refractivity contribution < 1.29 is 4.79 Å². The zero-order chi connectivity index (χ0) is 10.8. The van der Waals surface area contributed by atoms with Crippen LogP contribution in [0.4, 0.5) is 0 Å². The first-order valence-corrected chi connectivity index (χ1v) is 5.53. The van der Waals surface area contributed by atoms with Crippen molar-refractivity contribution in [3.8, 4) is 0 Å². The summed E-state index contributed by atoms with van der Waals surface area (Å²) in [5.41, 5.74) is 1.97. The quantitative estimate of drug-likeness (QED) is 0.810. The van der Waals surface area contributed by atoms with Gasteiger partial charge in [-0.2, -0.15) is 5.10 Å². The van der Waals surface area contributed by atoms with Gasteiger partial charge in [0, 0.05) is 10.2 Å². The van der Waals surface area contributed by atoms with Crippen molar-refractivity contribution in [2.24, 2.45) is 5.10 Å². The van der Waals surface area contributed by atoms with Crippen LogP contribution in [0.3, 0.4) is 0 Å². The Hall–Kier alpha value is -1.16. The van der Waals surface area contributed by atoms with Gasteiger partial charge < -0.3 is 0 Å². The van der Waals surface area contributed by atoms with Crippen molar-refractivity contribution in [3.63, 3.8) is 0 Å². The molecule has 0 radical (unpaired) electrons.